The molecular formula is C13H27ClN2O3. The van der Waals surface area contributed by atoms with E-state index >= 15 is 0 Å². The van der Waals surface area contributed by atoms with E-state index in [2.05, 4.69) is 10.6 Å². The Morgan fingerprint density at radius 2 is 1.95 bits per heavy atom. The number of methoxy groups -OCH3 is 2. The van der Waals surface area contributed by atoms with Crippen LogP contribution in [-0.2, 0) is 14.3 Å². The molecular weight excluding hydrogens is 268 g/mol. The SMILES string of the molecule is COCC(C)C(=O)NCC1(COC)CCNCC1.Cl. The molecule has 6 heteroatoms. The van der Waals surface area contributed by atoms with Crippen LogP contribution in [0.4, 0.5) is 0 Å². The van der Waals surface area contributed by atoms with E-state index in [-0.39, 0.29) is 29.6 Å². The van der Waals surface area contributed by atoms with Crippen molar-refractivity contribution >= 4 is 18.3 Å². The third kappa shape index (κ3) is 6.08. The predicted molar refractivity (Wildman–Crippen MR) is 77.7 cm³/mol. The molecule has 2 N–H and O–H groups in total. The summed E-state index contributed by atoms with van der Waals surface area (Å²) in [4.78, 5) is 11.9. The van der Waals surface area contributed by atoms with Crippen LogP contribution in [-0.4, -0.2) is 53.0 Å². The van der Waals surface area contributed by atoms with Crippen LogP contribution in [0.1, 0.15) is 19.8 Å². The second kappa shape index (κ2) is 9.53. The fourth-order valence-electron chi connectivity index (χ4n) is 2.41. The summed E-state index contributed by atoms with van der Waals surface area (Å²) in [5.41, 5.74) is 0.0858. The van der Waals surface area contributed by atoms with Crippen LogP contribution in [0.5, 0.6) is 0 Å². The minimum Gasteiger partial charge on any atom is -0.384 e. The quantitative estimate of drug-likeness (QED) is 0.730. The number of halogens is 1. The van der Waals surface area contributed by atoms with Gasteiger partial charge in [-0.15, -0.1) is 12.4 Å². The third-order valence-electron chi connectivity index (χ3n) is 3.62. The molecule has 1 rings (SSSR count). The van der Waals surface area contributed by atoms with Gasteiger partial charge in [-0.05, 0) is 25.9 Å². The summed E-state index contributed by atoms with van der Waals surface area (Å²) in [7, 11) is 3.34. The molecule has 1 amide bonds. The Morgan fingerprint density at radius 1 is 1.32 bits per heavy atom. The van der Waals surface area contributed by atoms with Gasteiger partial charge in [0, 0.05) is 26.2 Å². The Kier molecular flexibility index (Phi) is 9.35. The first kappa shape index (κ1) is 18.6. The van der Waals surface area contributed by atoms with Crippen LogP contribution < -0.4 is 10.6 Å². The van der Waals surface area contributed by atoms with Crippen LogP contribution in [0.3, 0.4) is 0 Å². The lowest BCUT2D eigenvalue weighted by Gasteiger charge is -2.37. The van der Waals surface area contributed by atoms with Gasteiger partial charge in [0.2, 0.25) is 5.91 Å². The molecule has 0 aromatic rings. The molecule has 1 unspecified atom stereocenters. The molecule has 5 nitrogen and oxygen atoms in total. The largest absolute Gasteiger partial charge is 0.384 e. The van der Waals surface area contributed by atoms with Crippen molar-refractivity contribution in [2.75, 3.05) is 47.1 Å². The maximum Gasteiger partial charge on any atom is 0.225 e. The van der Waals surface area contributed by atoms with Gasteiger partial charge in [-0.1, -0.05) is 6.92 Å². The predicted octanol–water partition coefficient (Wildman–Crippen LogP) is 0.823. The highest BCUT2D eigenvalue weighted by Gasteiger charge is 2.32. The minimum absolute atomic E-state index is 0. The number of carbonyl (C=O) groups excluding carboxylic acids is 1. The molecule has 1 atom stereocenters. The fourth-order valence-corrected chi connectivity index (χ4v) is 2.41. The van der Waals surface area contributed by atoms with Gasteiger partial charge in [-0.2, -0.15) is 0 Å². The monoisotopic (exact) mass is 294 g/mol. The summed E-state index contributed by atoms with van der Waals surface area (Å²) in [6.07, 6.45) is 2.08. The van der Waals surface area contributed by atoms with Gasteiger partial charge in [-0.3, -0.25) is 4.79 Å². The number of carbonyl (C=O) groups is 1. The Balaban J connectivity index is 0.00000324. The van der Waals surface area contributed by atoms with Crippen molar-refractivity contribution in [3.8, 4) is 0 Å². The van der Waals surface area contributed by atoms with E-state index in [0.29, 0.717) is 19.8 Å². The third-order valence-corrected chi connectivity index (χ3v) is 3.62. The van der Waals surface area contributed by atoms with Crippen molar-refractivity contribution in [3.05, 3.63) is 0 Å². The second-order valence-electron chi connectivity index (χ2n) is 5.26. The molecule has 0 aromatic carbocycles. The highest BCUT2D eigenvalue weighted by molar-refractivity contribution is 5.85. The Hall–Kier alpha value is -0.360. The van der Waals surface area contributed by atoms with E-state index in [4.69, 9.17) is 9.47 Å². The Morgan fingerprint density at radius 3 is 2.47 bits per heavy atom. The van der Waals surface area contributed by atoms with E-state index in [1.54, 1.807) is 14.2 Å². The molecule has 1 fully saturated rings. The number of rotatable bonds is 7. The average Bonchev–Trinajstić information content (AvgIpc) is 2.38. The summed E-state index contributed by atoms with van der Waals surface area (Å²) >= 11 is 0. The minimum atomic E-state index is -0.101. The zero-order chi connectivity index (χ0) is 13.4. The van der Waals surface area contributed by atoms with Crippen molar-refractivity contribution in [1.82, 2.24) is 10.6 Å². The standard InChI is InChI=1S/C13H26N2O3.ClH/c1-11(8-17-2)12(16)15-9-13(10-18-3)4-6-14-7-5-13;/h11,14H,4-10H2,1-3H3,(H,15,16);1H. The van der Waals surface area contributed by atoms with E-state index in [1.807, 2.05) is 6.92 Å². The lowest BCUT2D eigenvalue weighted by Crippen LogP contribution is -2.48. The number of hydrogen-bond donors (Lipinski definition) is 2. The molecule has 0 aliphatic carbocycles. The van der Waals surface area contributed by atoms with Gasteiger partial charge in [0.05, 0.1) is 19.1 Å². The maximum atomic E-state index is 11.9. The number of ether oxygens (including phenoxy) is 2. The highest BCUT2D eigenvalue weighted by atomic mass is 35.5. The molecule has 0 radical (unpaired) electrons. The molecule has 0 aromatic heterocycles. The molecule has 0 bridgehead atoms. The van der Waals surface area contributed by atoms with Crippen molar-refractivity contribution < 1.29 is 14.3 Å². The molecule has 1 aliphatic heterocycles. The molecule has 114 valence electrons. The first-order valence-electron chi connectivity index (χ1n) is 6.60. The smallest absolute Gasteiger partial charge is 0.225 e. The summed E-state index contributed by atoms with van der Waals surface area (Å²) in [5, 5.41) is 6.38. The lowest BCUT2D eigenvalue weighted by atomic mass is 9.79. The van der Waals surface area contributed by atoms with E-state index < -0.39 is 0 Å². The molecule has 0 spiro atoms. The van der Waals surface area contributed by atoms with Gasteiger partial charge >= 0.3 is 0 Å². The highest BCUT2D eigenvalue weighted by Crippen LogP contribution is 2.28. The maximum absolute atomic E-state index is 11.9. The van der Waals surface area contributed by atoms with Gasteiger partial charge in [0.15, 0.2) is 0 Å². The summed E-state index contributed by atoms with van der Waals surface area (Å²) < 4.78 is 10.3. The van der Waals surface area contributed by atoms with Gasteiger partial charge in [0.25, 0.3) is 0 Å². The molecule has 19 heavy (non-hydrogen) atoms. The number of nitrogens with one attached hydrogen (secondary N) is 2. The second-order valence-corrected chi connectivity index (χ2v) is 5.26. The topological polar surface area (TPSA) is 59.6 Å². The van der Waals surface area contributed by atoms with Crippen LogP contribution in [0.2, 0.25) is 0 Å². The molecule has 1 saturated heterocycles. The summed E-state index contributed by atoms with van der Waals surface area (Å²) in [6.45, 7) is 5.72. The zero-order valence-corrected chi connectivity index (χ0v) is 13.0. The fraction of sp³-hybridized carbons (Fsp3) is 0.923. The number of piperidine rings is 1. The van der Waals surface area contributed by atoms with Crippen molar-refractivity contribution in [1.29, 1.82) is 0 Å². The zero-order valence-electron chi connectivity index (χ0n) is 12.2. The van der Waals surface area contributed by atoms with Crippen LogP contribution in [0.15, 0.2) is 0 Å². The van der Waals surface area contributed by atoms with Gasteiger partial charge in [-0.25, -0.2) is 0 Å². The Bertz CT molecular complexity index is 253. The van der Waals surface area contributed by atoms with Crippen molar-refractivity contribution in [3.63, 3.8) is 0 Å². The van der Waals surface area contributed by atoms with Crippen molar-refractivity contribution in [2.45, 2.75) is 19.8 Å². The summed E-state index contributed by atoms with van der Waals surface area (Å²) in [6, 6.07) is 0. The lowest BCUT2D eigenvalue weighted by molar-refractivity contribution is -0.126. The number of amides is 1. The number of hydrogen-bond acceptors (Lipinski definition) is 4. The molecule has 0 saturated carbocycles. The van der Waals surface area contributed by atoms with Gasteiger partial charge in [0.1, 0.15) is 0 Å². The molecule has 1 aliphatic rings. The average molecular weight is 295 g/mol. The van der Waals surface area contributed by atoms with E-state index in [9.17, 15) is 4.79 Å². The Labute approximate surface area is 122 Å². The normalized spacial score (nSPS) is 19.3. The van der Waals surface area contributed by atoms with E-state index in [0.717, 1.165) is 25.9 Å². The van der Waals surface area contributed by atoms with Crippen LogP contribution in [0, 0.1) is 11.3 Å². The van der Waals surface area contributed by atoms with Crippen LogP contribution >= 0.6 is 12.4 Å². The molecule has 1 heterocycles. The summed E-state index contributed by atoms with van der Waals surface area (Å²) in [5.74, 6) is -0.0397. The first-order valence-corrected chi connectivity index (χ1v) is 6.60. The first-order chi connectivity index (χ1) is 8.63. The van der Waals surface area contributed by atoms with Gasteiger partial charge < -0.3 is 20.1 Å². The van der Waals surface area contributed by atoms with Crippen LogP contribution in [0.25, 0.3) is 0 Å². The van der Waals surface area contributed by atoms with E-state index in [1.165, 1.54) is 0 Å². The van der Waals surface area contributed by atoms with Crippen molar-refractivity contribution in [2.24, 2.45) is 11.3 Å².